The molecule has 146 valence electrons. The number of aromatic nitrogens is 3. The molecule has 0 aliphatic carbocycles. The van der Waals surface area contributed by atoms with Crippen LogP contribution in [0, 0.1) is 6.92 Å². The number of nitrogens with zero attached hydrogens (tertiary/aromatic N) is 3. The molecule has 0 N–H and O–H groups in total. The maximum absolute atomic E-state index is 12.2. The third-order valence-corrected chi connectivity index (χ3v) is 4.24. The van der Waals surface area contributed by atoms with Gasteiger partial charge >= 0.3 is 5.97 Å². The molecule has 0 atom stereocenters. The second kappa shape index (κ2) is 7.97. The first-order chi connectivity index (χ1) is 14.2. The molecule has 0 unspecified atom stereocenters. The first-order valence-electron chi connectivity index (χ1n) is 8.81. The second-order valence-corrected chi connectivity index (χ2v) is 6.13. The maximum atomic E-state index is 12.2. The maximum Gasteiger partial charge on any atom is 0.338 e. The van der Waals surface area contributed by atoms with Crippen LogP contribution in [-0.2, 0) is 11.3 Å². The highest BCUT2D eigenvalue weighted by molar-refractivity contribution is 5.89. The number of ether oxygens (including phenoxy) is 2. The zero-order valence-corrected chi connectivity index (χ0v) is 15.8. The molecule has 8 heteroatoms. The molecule has 0 saturated carbocycles. The van der Waals surface area contributed by atoms with E-state index in [4.69, 9.17) is 18.4 Å². The van der Waals surface area contributed by atoms with E-state index >= 15 is 0 Å². The van der Waals surface area contributed by atoms with Gasteiger partial charge in [-0.15, -0.1) is 10.2 Å². The van der Waals surface area contributed by atoms with Gasteiger partial charge in [0.05, 0.1) is 12.7 Å². The number of rotatable bonds is 6. The Morgan fingerprint density at radius 1 is 1.03 bits per heavy atom. The Kier molecular flexibility index (Phi) is 5.07. The summed E-state index contributed by atoms with van der Waals surface area (Å²) in [6.07, 6.45) is 0. The smallest absolute Gasteiger partial charge is 0.338 e. The summed E-state index contributed by atoms with van der Waals surface area (Å²) in [4.78, 5) is 12.2. The van der Waals surface area contributed by atoms with Crippen LogP contribution >= 0.6 is 0 Å². The van der Waals surface area contributed by atoms with Crippen LogP contribution < -0.4 is 4.74 Å². The van der Waals surface area contributed by atoms with Gasteiger partial charge in [-0.3, -0.25) is 0 Å². The fraction of sp³-hybridized carbons (Fsp3) is 0.143. The monoisotopic (exact) mass is 391 g/mol. The molecule has 2 aromatic carbocycles. The molecule has 0 aliphatic heterocycles. The van der Waals surface area contributed by atoms with E-state index in [0.717, 1.165) is 5.56 Å². The molecular formula is C21H17N3O5. The Hall–Kier alpha value is -3.94. The van der Waals surface area contributed by atoms with Crippen molar-refractivity contribution in [2.24, 2.45) is 0 Å². The van der Waals surface area contributed by atoms with E-state index in [0.29, 0.717) is 28.3 Å². The molecule has 0 amide bonds. The number of benzene rings is 2. The summed E-state index contributed by atoms with van der Waals surface area (Å²) in [6.45, 7) is 1.62. The van der Waals surface area contributed by atoms with Gasteiger partial charge in [0.1, 0.15) is 22.8 Å². The number of carbonyl (C=O) groups excluding carboxylic acids is 1. The van der Waals surface area contributed by atoms with Gasteiger partial charge < -0.3 is 18.4 Å². The van der Waals surface area contributed by atoms with Gasteiger partial charge in [0.15, 0.2) is 6.61 Å². The fourth-order valence-electron chi connectivity index (χ4n) is 2.77. The zero-order valence-electron chi connectivity index (χ0n) is 15.8. The van der Waals surface area contributed by atoms with Gasteiger partial charge in [0.2, 0.25) is 0 Å². The summed E-state index contributed by atoms with van der Waals surface area (Å²) >= 11 is 0. The van der Waals surface area contributed by atoms with Crippen molar-refractivity contribution in [3.63, 3.8) is 0 Å². The molecule has 8 nitrogen and oxygen atoms in total. The molecule has 0 bridgehead atoms. The van der Waals surface area contributed by atoms with Crippen molar-refractivity contribution in [2.75, 3.05) is 7.11 Å². The Morgan fingerprint density at radius 2 is 1.79 bits per heavy atom. The zero-order chi connectivity index (χ0) is 20.2. The van der Waals surface area contributed by atoms with Crippen molar-refractivity contribution in [1.29, 1.82) is 0 Å². The van der Waals surface area contributed by atoms with Crippen LogP contribution in [0.2, 0.25) is 0 Å². The standard InChI is InChI=1S/C21H17N3O5/c1-13-18(19(24-29-13)14-6-4-3-5-7-14)20-23-22-17(28-20)12-27-21(25)15-8-10-16(26-2)11-9-15/h3-11H,12H2,1-2H3. The molecule has 2 aromatic heterocycles. The Morgan fingerprint density at radius 3 is 2.52 bits per heavy atom. The van der Waals surface area contributed by atoms with Gasteiger partial charge in [-0.05, 0) is 31.2 Å². The Labute approximate surface area is 166 Å². The molecular weight excluding hydrogens is 374 g/mol. The topological polar surface area (TPSA) is 100 Å². The highest BCUT2D eigenvalue weighted by atomic mass is 16.5. The lowest BCUT2D eigenvalue weighted by atomic mass is 10.1. The molecule has 0 fully saturated rings. The molecule has 0 saturated heterocycles. The number of aryl methyl sites for hydroxylation is 1. The van der Waals surface area contributed by atoms with Crippen molar-refractivity contribution in [2.45, 2.75) is 13.5 Å². The summed E-state index contributed by atoms with van der Waals surface area (Å²) in [7, 11) is 1.56. The number of methoxy groups -OCH3 is 1. The number of esters is 1. The Balaban J connectivity index is 1.49. The largest absolute Gasteiger partial charge is 0.497 e. The molecule has 0 radical (unpaired) electrons. The van der Waals surface area contributed by atoms with Crippen LogP contribution in [0.15, 0.2) is 63.5 Å². The Bertz CT molecular complexity index is 1120. The van der Waals surface area contributed by atoms with E-state index in [-0.39, 0.29) is 18.4 Å². The van der Waals surface area contributed by atoms with Crippen LogP contribution in [0.3, 0.4) is 0 Å². The molecule has 29 heavy (non-hydrogen) atoms. The molecule has 2 heterocycles. The van der Waals surface area contributed by atoms with Gasteiger partial charge in [-0.25, -0.2) is 4.79 Å². The summed E-state index contributed by atoms with van der Waals surface area (Å²) in [6, 6.07) is 16.1. The average molecular weight is 391 g/mol. The van der Waals surface area contributed by atoms with Crippen LogP contribution in [-0.4, -0.2) is 28.4 Å². The second-order valence-electron chi connectivity index (χ2n) is 6.13. The minimum Gasteiger partial charge on any atom is -0.497 e. The van der Waals surface area contributed by atoms with Crippen molar-refractivity contribution in [3.05, 3.63) is 71.8 Å². The normalized spacial score (nSPS) is 10.7. The van der Waals surface area contributed by atoms with Gasteiger partial charge in [0.25, 0.3) is 11.8 Å². The van der Waals surface area contributed by atoms with Crippen LogP contribution in [0.5, 0.6) is 5.75 Å². The summed E-state index contributed by atoms with van der Waals surface area (Å²) in [5, 5.41) is 12.1. The third kappa shape index (κ3) is 3.86. The van der Waals surface area contributed by atoms with E-state index in [9.17, 15) is 4.79 Å². The average Bonchev–Trinajstić information content (AvgIpc) is 3.39. The predicted molar refractivity (Wildman–Crippen MR) is 102 cm³/mol. The minimum atomic E-state index is -0.501. The first-order valence-corrected chi connectivity index (χ1v) is 8.81. The fourth-order valence-corrected chi connectivity index (χ4v) is 2.77. The van der Waals surface area contributed by atoms with Gasteiger partial charge in [-0.1, -0.05) is 35.5 Å². The highest BCUT2D eigenvalue weighted by Gasteiger charge is 2.22. The van der Waals surface area contributed by atoms with E-state index < -0.39 is 5.97 Å². The summed E-state index contributed by atoms with van der Waals surface area (Å²) < 4.78 is 21.3. The lowest BCUT2D eigenvalue weighted by Gasteiger charge is -2.03. The molecule has 4 aromatic rings. The SMILES string of the molecule is COc1ccc(C(=O)OCc2nnc(-c3c(-c4ccccc4)noc3C)o2)cc1. The van der Waals surface area contributed by atoms with E-state index in [1.807, 2.05) is 30.3 Å². The predicted octanol–water partition coefficient (Wildman–Crippen LogP) is 4.07. The van der Waals surface area contributed by atoms with Gasteiger partial charge in [-0.2, -0.15) is 0 Å². The third-order valence-electron chi connectivity index (χ3n) is 4.24. The first kappa shape index (κ1) is 18.4. The minimum absolute atomic E-state index is 0.150. The van der Waals surface area contributed by atoms with Crippen LogP contribution in [0.25, 0.3) is 22.7 Å². The van der Waals surface area contributed by atoms with Crippen LogP contribution in [0.4, 0.5) is 0 Å². The number of hydrogen-bond acceptors (Lipinski definition) is 8. The van der Waals surface area contributed by atoms with Gasteiger partial charge in [0, 0.05) is 5.56 Å². The van der Waals surface area contributed by atoms with Crippen molar-refractivity contribution in [1.82, 2.24) is 15.4 Å². The number of hydrogen-bond donors (Lipinski definition) is 0. The number of carbonyl (C=O) groups is 1. The van der Waals surface area contributed by atoms with Crippen molar-refractivity contribution >= 4 is 5.97 Å². The van der Waals surface area contributed by atoms with E-state index in [2.05, 4.69) is 15.4 Å². The molecule has 0 aliphatic rings. The summed E-state index contributed by atoms with van der Waals surface area (Å²) in [5.74, 6) is 1.12. The van der Waals surface area contributed by atoms with E-state index in [1.165, 1.54) is 0 Å². The lowest BCUT2D eigenvalue weighted by Crippen LogP contribution is -2.05. The van der Waals surface area contributed by atoms with E-state index in [1.54, 1.807) is 38.3 Å². The quantitative estimate of drug-likeness (QED) is 0.454. The summed E-state index contributed by atoms with van der Waals surface area (Å²) in [5.41, 5.74) is 2.47. The lowest BCUT2D eigenvalue weighted by molar-refractivity contribution is 0.0438. The van der Waals surface area contributed by atoms with Crippen molar-refractivity contribution in [3.8, 4) is 28.5 Å². The molecule has 0 spiro atoms. The molecule has 4 rings (SSSR count). The van der Waals surface area contributed by atoms with Crippen molar-refractivity contribution < 1.29 is 23.2 Å². The highest BCUT2D eigenvalue weighted by Crippen LogP contribution is 2.33. The van der Waals surface area contributed by atoms with Crippen LogP contribution in [0.1, 0.15) is 22.0 Å².